The Morgan fingerprint density at radius 3 is 2.83 bits per heavy atom. The zero-order valence-corrected chi connectivity index (χ0v) is 10.8. The SMILES string of the molecule is Cc1cncc(-c2nc(C(N)CN(C)C)no2)c1. The molecule has 0 amide bonds. The fourth-order valence-corrected chi connectivity index (χ4v) is 1.65. The summed E-state index contributed by atoms with van der Waals surface area (Å²) in [5.74, 6) is 0.968. The van der Waals surface area contributed by atoms with Crippen molar-refractivity contribution in [3.8, 4) is 11.5 Å². The molecule has 1 atom stereocenters. The normalized spacial score (nSPS) is 12.9. The maximum atomic E-state index is 5.97. The maximum Gasteiger partial charge on any atom is 0.259 e. The van der Waals surface area contributed by atoms with Crippen LogP contribution >= 0.6 is 0 Å². The van der Waals surface area contributed by atoms with Crippen molar-refractivity contribution in [1.29, 1.82) is 0 Å². The quantitative estimate of drug-likeness (QED) is 0.868. The number of likely N-dealkylation sites (N-methyl/N-ethyl adjacent to an activating group) is 1. The summed E-state index contributed by atoms with van der Waals surface area (Å²) in [6, 6.07) is 1.69. The maximum absolute atomic E-state index is 5.97. The van der Waals surface area contributed by atoms with Gasteiger partial charge in [0.25, 0.3) is 5.89 Å². The molecule has 0 aliphatic rings. The van der Waals surface area contributed by atoms with Crippen molar-refractivity contribution >= 4 is 0 Å². The number of aromatic nitrogens is 3. The summed E-state index contributed by atoms with van der Waals surface area (Å²) in [4.78, 5) is 10.4. The Hall–Kier alpha value is -1.79. The molecule has 0 saturated heterocycles. The summed E-state index contributed by atoms with van der Waals surface area (Å²) < 4.78 is 5.21. The average Bonchev–Trinajstić information content (AvgIpc) is 2.77. The molecule has 0 saturated carbocycles. The molecule has 18 heavy (non-hydrogen) atoms. The van der Waals surface area contributed by atoms with E-state index in [4.69, 9.17) is 10.3 Å². The van der Waals surface area contributed by atoms with E-state index in [1.54, 1.807) is 12.4 Å². The summed E-state index contributed by atoms with van der Waals surface area (Å²) in [6.45, 7) is 2.64. The van der Waals surface area contributed by atoms with Crippen LogP contribution in [-0.2, 0) is 0 Å². The minimum Gasteiger partial charge on any atom is -0.334 e. The van der Waals surface area contributed by atoms with Crippen molar-refractivity contribution in [2.24, 2.45) is 5.73 Å². The summed E-state index contributed by atoms with van der Waals surface area (Å²) in [5.41, 5.74) is 7.83. The van der Waals surface area contributed by atoms with E-state index in [2.05, 4.69) is 15.1 Å². The molecule has 0 spiro atoms. The summed E-state index contributed by atoms with van der Waals surface area (Å²) >= 11 is 0. The molecule has 0 aliphatic carbocycles. The molecule has 0 aliphatic heterocycles. The predicted molar refractivity (Wildman–Crippen MR) is 67.7 cm³/mol. The molecule has 0 radical (unpaired) electrons. The third kappa shape index (κ3) is 2.91. The van der Waals surface area contributed by atoms with Crippen LogP contribution in [-0.4, -0.2) is 40.7 Å². The van der Waals surface area contributed by atoms with Crippen molar-refractivity contribution in [2.75, 3.05) is 20.6 Å². The van der Waals surface area contributed by atoms with E-state index in [0.29, 0.717) is 18.3 Å². The number of nitrogens with zero attached hydrogens (tertiary/aromatic N) is 4. The van der Waals surface area contributed by atoms with E-state index in [1.807, 2.05) is 32.0 Å². The molecule has 0 bridgehead atoms. The standard InChI is InChI=1S/C12H17N5O/c1-8-4-9(6-14-5-8)12-15-11(16-18-12)10(13)7-17(2)3/h4-6,10H,7,13H2,1-3H3. The van der Waals surface area contributed by atoms with Crippen LogP contribution in [0.15, 0.2) is 23.0 Å². The van der Waals surface area contributed by atoms with Gasteiger partial charge in [-0.3, -0.25) is 4.98 Å². The Morgan fingerprint density at radius 2 is 2.17 bits per heavy atom. The highest BCUT2D eigenvalue weighted by molar-refractivity contribution is 5.51. The lowest BCUT2D eigenvalue weighted by atomic mass is 10.2. The van der Waals surface area contributed by atoms with E-state index >= 15 is 0 Å². The van der Waals surface area contributed by atoms with Crippen LogP contribution in [0.1, 0.15) is 17.4 Å². The highest BCUT2D eigenvalue weighted by Crippen LogP contribution is 2.18. The van der Waals surface area contributed by atoms with Crippen LogP contribution in [0, 0.1) is 6.92 Å². The monoisotopic (exact) mass is 247 g/mol. The smallest absolute Gasteiger partial charge is 0.259 e. The lowest BCUT2D eigenvalue weighted by Gasteiger charge is -2.12. The van der Waals surface area contributed by atoms with Crippen molar-refractivity contribution < 1.29 is 4.52 Å². The van der Waals surface area contributed by atoms with Crippen molar-refractivity contribution in [2.45, 2.75) is 13.0 Å². The van der Waals surface area contributed by atoms with Gasteiger partial charge in [-0.2, -0.15) is 4.98 Å². The van der Waals surface area contributed by atoms with Crippen molar-refractivity contribution in [3.05, 3.63) is 29.8 Å². The Balaban J connectivity index is 2.20. The zero-order chi connectivity index (χ0) is 13.1. The van der Waals surface area contributed by atoms with E-state index in [9.17, 15) is 0 Å². The number of rotatable bonds is 4. The Labute approximate surface area is 106 Å². The van der Waals surface area contributed by atoms with Gasteiger partial charge >= 0.3 is 0 Å². The molecule has 2 rings (SSSR count). The van der Waals surface area contributed by atoms with Gasteiger partial charge in [0.15, 0.2) is 5.82 Å². The first-order chi connectivity index (χ1) is 8.56. The highest BCUT2D eigenvalue weighted by Gasteiger charge is 2.16. The second-order valence-corrected chi connectivity index (χ2v) is 4.58. The lowest BCUT2D eigenvalue weighted by Crippen LogP contribution is -2.26. The van der Waals surface area contributed by atoms with Gasteiger partial charge in [0.1, 0.15) is 0 Å². The first-order valence-corrected chi connectivity index (χ1v) is 5.72. The number of hydrogen-bond donors (Lipinski definition) is 1. The molecule has 1 unspecified atom stereocenters. The van der Waals surface area contributed by atoms with Gasteiger partial charge in [0.05, 0.1) is 11.6 Å². The molecule has 6 nitrogen and oxygen atoms in total. The molecular formula is C12H17N5O. The largest absolute Gasteiger partial charge is 0.334 e. The first-order valence-electron chi connectivity index (χ1n) is 5.72. The van der Waals surface area contributed by atoms with E-state index in [1.165, 1.54) is 0 Å². The third-order valence-corrected chi connectivity index (χ3v) is 2.46. The van der Waals surface area contributed by atoms with Crippen molar-refractivity contribution in [3.63, 3.8) is 0 Å². The molecule has 2 heterocycles. The molecule has 2 aromatic heterocycles. The Kier molecular flexibility index (Phi) is 3.69. The van der Waals surface area contributed by atoms with Gasteiger partial charge in [0.2, 0.25) is 0 Å². The van der Waals surface area contributed by atoms with Gasteiger partial charge < -0.3 is 15.2 Å². The van der Waals surface area contributed by atoms with Gasteiger partial charge in [-0.05, 0) is 32.6 Å². The molecule has 96 valence electrons. The number of nitrogens with two attached hydrogens (primary N) is 1. The fraction of sp³-hybridized carbons (Fsp3) is 0.417. The highest BCUT2D eigenvalue weighted by atomic mass is 16.5. The number of aryl methyl sites for hydroxylation is 1. The third-order valence-electron chi connectivity index (χ3n) is 2.46. The first kappa shape index (κ1) is 12.7. The second-order valence-electron chi connectivity index (χ2n) is 4.58. The molecule has 0 fully saturated rings. The second kappa shape index (κ2) is 5.24. The molecule has 2 N–H and O–H groups in total. The zero-order valence-electron chi connectivity index (χ0n) is 10.8. The van der Waals surface area contributed by atoms with Crippen LogP contribution in [0.2, 0.25) is 0 Å². The van der Waals surface area contributed by atoms with Crippen molar-refractivity contribution in [1.82, 2.24) is 20.0 Å². The summed E-state index contributed by atoms with van der Waals surface area (Å²) in [6.07, 6.45) is 3.47. The molecule has 0 aromatic carbocycles. The van der Waals surface area contributed by atoms with Gasteiger partial charge in [-0.25, -0.2) is 0 Å². The Morgan fingerprint density at radius 1 is 1.39 bits per heavy atom. The molecule has 2 aromatic rings. The minimum absolute atomic E-state index is 0.254. The minimum atomic E-state index is -0.254. The molecule has 6 heteroatoms. The fourth-order valence-electron chi connectivity index (χ4n) is 1.65. The average molecular weight is 247 g/mol. The topological polar surface area (TPSA) is 81.1 Å². The van der Waals surface area contributed by atoms with Crippen LogP contribution in [0.3, 0.4) is 0 Å². The lowest BCUT2D eigenvalue weighted by molar-refractivity contribution is 0.357. The van der Waals surface area contributed by atoms with E-state index < -0.39 is 0 Å². The Bertz CT molecular complexity index is 523. The van der Waals surface area contributed by atoms with Crippen LogP contribution in [0.4, 0.5) is 0 Å². The molecular weight excluding hydrogens is 230 g/mol. The van der Waals surface area contributed by atoms with Gasteiger partial charge in [-0.1, -0.05) is 5.16 Å². The summed E-state index contributed by atoms with van der Waals surface area (Å²) in [7, 11) is 3.90. The number of hydrogen-bond acceptors (Lipinski definition) is 6. The number of pyridine rings is 1. The van der Waals surface area contributed by atoms with E-state index in [0.717, 1.165) is 11.1 Å². The predicted octanol–water partition coefficient (Wildman–Crippen LogP) is 1.00. The summed E-state index contributed by atoms with van der Waals surface area (Å²) in [5, 5.41) is 3.91. The van der Waals surface area contributed by atoms with Gasteiger partial charge in [0, 0.05) is 18.9 Å². The van der Waals surface area contributed by atoms with E-state index in [-0.39, 0.29) is 6.04 Å². The van der Waals surface area contributed by atoms with Gasteiger partial charge in [-0.15, -0.1) is 0 Å². The van der Waals surface area contributed by atoms with Crippen LogP contribution in [0.25, 0.3) is 11.5 Å². The van der Waals surface area contributed by atoms with Crippen LogP contribution in [0.5, 0.6) is 0 Å². The van der Waals surface area contributed by atoms with Crippen LogP contribution < -0.4 is 5.73 Å².